The van der Waals surface area contributed by atoms with E-state index < -0.39 is 17.6 Å². The normalized spacial score (nSPS) is 14.9. The molecule has 7 heteroatoms. The Hall–Kier alpha value is -2.54. The molecule has 2 aromatic rings. The fourth-order valence-electron chi connectivity index (χ4n) is 2.58. The molecule has 1 amide bonds. The lowest BCUT2D eigenvalue weighted by atomic mass is 10.0. The van der Waals surface area contributed by atoms with Gasteiger partial charge in [-0.2, -0.15) is 13.2 Å². The average Bonchev–Trinajstić information content (AvgIpc) is 2.88. The van der Waals surface area contributed by atoms with Crippen LogP contribution in [0.3, 0.4) is 0 Å². The van der Waals surface area contributed by atoms with Crippen molar-refractivity contribution in [2.75, 3.05) is 11.9 Å². The number of alkyl halides is 3. The molecule has 134 valence electrons. The number of hydrogen-bond acceptors (Lipinski definition) is 2. The van der Waals surface area contributed by atoms with Crippen LogP contribution in [0.5, 0.6) is 5.75 Å². The van der Waals surface area contributed by atoms with Gasteiger partial charge in [-0.1, -0.05) is 34.7 Å². The highest BCUT2D eigenvalue weighted by Crippen LogP contribution is 2.39. The molecule has 0 aromatic heterocycles. The molecule has 1 heterocycles. The third-order valence-electron chi connectivity index (χ3n) is 3.76. The van der Waals surface area contributed by atoms with Crippen molar-refractivity contribution in [1.29, 1.82) is 0 Å². The van der Waals surface area contributed by atoms with Gasteiger partial charge in [0.15, 0.2) is 0 Å². The van der Waals surface area contributed by atoms with Crippen LogP contribution in [0, 0.1) is 0 Å². The maximum absolute atomic E-state index is 12.9. The minimum Gasteiger partial charge on any atom is -0.489 e. The van der Waals surface area contributed by atoms with Gasteiger partial charge in [0.05, 0.1) is 5.56 Å². The molecule has 0 atom stereocenters. The zero-order valence-corrected chi connectivity index (χ0v) is 14.9. The Bertz CT molecular complexity index is 919. The first kappa shape index (κ1) is 18.3. The van der Waals surface area contributed by atoms with Gasteiger partial charge >= 0.3 is 6.18 Å². The smallest absolute Gasteiger partial charge is 0.416 e. The van der Waals surface area contributed by atoms with Crippen LogP contribution in [0.15, 0.2) is 53.5 Å². The molecular weight excluding hydrogens is 411 g/mol. The quantitative estimate of drug-likeness (QED) is 0.518. The molecule has 3 rings (SSSR count). The number of nitrogens with one attached hydrogen (secondary N) is 1. The second-order valence-corrected chi connectivity index (χ2v) is 6.47. The Kier molecular flexibility index (Phi) is 4.91. The van der Waals surface area contributed by atoms with Crippen molar-refractivity contribution in [1.82, 2.24) is 0 Å². The number of benzene rings is 2. The summed E-state index contributed by atoms with van der Waals surface area (Å²) in [5.41, 5.74) is 0.641. The number of carbonyl (C=O) groups excluding carboxylic acids is 1. The first-order valence-electron chi connectivity index (χ1n) is 7.57. The summed E-state index contributed by atoms with van der Waals surface area (Å²) in [7, 11) is 0. The molecule has 1 aliphatic rings. The van der Waals surface area contributed by atoms with Crippen LogP contribution in [0.2, 0.25) is 0 Å². The van der Waals surface area contributed by atoms with E-state index in [2.05, 4.69) is 27.8 Å². The summed E-state index contributed by atoms with van der Waals surface area (Å²) in [6.07, 6.45) is -1.28. The highest BCUT2D eigenvalue weighted by Gasteiger charge is 2.33. The summed E-state index contributed by atoms with van der Waals surface area (Å²) >= 11 is 3.36. The first-order chi connectivity index (χ1) is 12.3. The van der Waals surface area contributed by atoms with E-state index in [-0.39, 0.29) is 17.9 Å². The van der Waals surface area contributed by atoms with E-state index in [1.165, 1.54) is 6.07 Å². The molecule has 0 saturated heterocycles. The molecule has 0 fully saturated rings. The largest absolute Gasteiger partial charge is 0.489 e. The van der Waals surface area contributed by atoms with Crippen molar-refractivity contribution in [2.24, 2.45) is 0 Å². The van der Waals surface area contributed by atoms with Gasteiger partial charge in [-0.15, -0.1) is 0 Å². The highest BCUT2D eigenvalue weighted by molar-refractivity contribution is 9.10. The molecule has 0 aliphatic carbocycles. The van der Waals surface area contributed by atoms with Crippen LogP contribution in [-0.2, 0) is 11.0 Å². The van der Waals surface area contributed by atoms with Gasteiger partial charge in [-0.3, -0.25) is 4.79 Å². The van der Waals surface area contributed by atoms with E-state index in [1.54, 1.807) is 30.4 Å². The van der Waals surface area contributed by atoms with Gasteiger partial charge < -0.3 is 10.1 Å². The van der Waals surface area contributed by atoms with Crippen LogP contribution >= 0.6 is 15.9 Å². The Balaban J connectivity index is 2.05. The van der Waals surface area contributed by atoms with E-state index in [0.717, 1.165) is 16.6 Å². The lowest BCUT2D eigenvalue weighted by molar-refractivity contribution is -0.137. The van der Waals surface area contributed by atoms with E-state index in [0.29, 0.717) is 16.9 Å². The zero-order valence-electron chi connectivity index (χ0n) is 13.4. The number of fused-ring (bicyclic) bond motifs is 1. The maximum atomic E-state index is 12.9. The van der Waals surface area contributed by atoms with Gasteiger partial charge in [0, 0.05) is 26.9 Å². The van der Waals surface area contributed by atoms with Crippen LogP contribution in [0.25, 0.3) is 11.6 Å². The van der Waals surface area contributed by atoms with Gasteiger partial charge in [0.25, 0.3) is 5.91 Å². The predicted molar refractivity (Wildman–Crippen MR) is 97.8 cm³/mol. The minimum absolute atomic E-state index is 0.139. The minimum atomic E-state index is -4.47. The Labute approximate surface area is 156 Å². The first-order valence-corrected chi connectivity index (χ1v) is 8.37. The second-order valence-electron chi connectivity index (χ2n) is 5.55. The molecule has 0 unspecified atom stereocenters. The molecule has 1 N–H and O–H groups in total. The third kappa shape index (κ3) is 3.67. The van der Waals surface area contributed by atoms with Gasteiger partial charge in [0.2, 0.25) is 0 Å². The Morgan fingerprint density at radius 3 is 2.65 bits per heavy atom. The summed E-state index contributed by atoms with van der Waals surface area (Å²) in [4.78, 5) is 12.3. The van der Waals surface area contributed by atoms with Gasteiger partial charge in [-0.25, -0.2) is 0 Å². The summed E-state index contributed by atoms with van der Waals surface area (Å²) in [6, 6.07) is 8.48. The summed E-state index contributed by atoms with van der Waals surface area (Å²) < 4.78 is 44.9. The molecule has 3 nitrogen and oxygen atoms in total. The lowest BCUT2D eigenvalue weighted by Gasteiger charge is -2.09. The highest BCUT2D eigenvalue weighted by atomic mass is 79.9. The SMILES string of the molecule is C=CCOc1ccc(Br)cc1/C=C1\C(=O)Nc2cc(C(F)(F)F)ccc21. The number of carbonyl (C=O) groups is 1. The molecular formula is C19H13BrF3NO2. The fraction of sp³-hybridized carbons (Fsp3) is 0.105. The van der Waals surface area contributed by atoms with E-state index >= 15 is 0 Å². The van der Waals surface area contributed by atoms with Crippen molar-refractivity contribution in [3.8, 4) is 5.75 Å². The number of amides is 1. The van der Waals surface area contributed by atoms with Gasteiger partial charge in [0.1, 0.15) is 12.4 Å². The van der Waals surface area contributed by atoms with Gasteiger partial charge in [-0.05, 0) is 36.4 Å². The van der Waals surface area contributed by atoms with E-state index in [1.807, 2.05) is 0 Å². The van der Waals surface area contributed by atoms with Crippen LogP contribution in [-0.4, -0.2) is 12.5 Å². The van der Waals surface area contributed by atoms with Crippen LogP contribution in [0.4, 0.5) is 18.9 Å². The molecule has 0 radical (unpaired) electrons. The molecule has 1 aliphatic heterocycles. The molecule has 0 bridgehead atoms. The topological polar surface area (TPSA) is 38.3 Å². The standard InChI is InChI=1S/C19H13BrF3NO2/c1-2-7-26-17-6-4-13(20)8-11(17)9-15-14-5-3-12(19(21,22)23)10-16(14)24-18(15)25/h2-6,8-10H,1,7H2,(H,24,25)/b15-9-. The monoisotopic (exact) mass is 423 g/mol. The maximum Gasteiger partial charge on any atom is 0.416 e. The summed E-state index contributed by atoms with van der Waals surface area (Å²) in [6.45, 7) is 3.88. The van der Waals surface area contributed by atoms with E-state index in [4.69, 9.17) is 4.74 Å². The number of hydrogen-bond donors (Lipinski definition) is 1. The lowest BCUT2D eigenvalue weighted by Crippen LogP contribution is -2.06. The molecule has 0 saturated carbocycles. The van der Waals surface area contributed by atoms with Crippen molar-refractivity contribution in [3.63, 3.8) is 0 Å². The summed E-state index contributed by atoms with van der Waals surface area (Å²) in [5.74, 6) is 0.0720. The van der Waals surface area contributed by atoms with Crippen LogP contribution in [0.1, 0.15) is 16.7 Å². The fourth-order valence-corrected chi connectivity index (χ4v) is 2.96. The van der Waals surface area contributed by atoms with E-state index in [9.17, 15) is 18.0 Å². The Morgan fingerprint density at radius 1 is 1.19 bits per heavy atom. The molecule has 2 aromatic carbocycles. The van der Waals surface area contributed by atoms with Crippen LogP contribution < -0.4 is 10.1 Å². The van der Waals surface area contributed by atoms with Crippen molar-refractivity contribution >= 4 is 39.2 Å². The summed E-state index contributed by atoms with van der Waals surface area (Å²) in [5, 5.41) is 2.48. The number of anilines is 1. The average molecular weight is 424 g/mol. The zero-order chi connectivity index (χ0) is 18.9. The van der Waals surface area contributed by atoms with Crippen molar-refractivity contribution in [2.45, 2.75) is 6.18 Å². The van der Waals surface area contributed by atoms with Crippen molar-refractivity contribution in [3.05, 3.63) is 70.2 Å². The second kappa shape index (κ2) is 6.99. The third-order valence-corrected chi connectivity index (χ3v) is 4.25. The van der Waals surface area contributed by atoms with Crippen molar-refractivity contribution < 1.29 is 22.7 Å². The Morgan fingerprint density at radius 2 is 1.96 bits per heavy atom. The molecule has 26 heavy (non-hydrogen) atoms. The number of halogens is 4. The number of ether oxygens (including phenoxy) is 1. The predicted octanol–water partition coefficient (Wildman–Crippen LogP) is 5.53. The molecule has 0 spiro atoms. The number of rotatable bonds is 4.